The highest BCUT2D eigenvalue weighted by molar-refractivity contribution is 6.08. The third-order valence-electron chi connectivity index (χ3n) is 5.66. The van der Waals surface area contributed by atoms with Crippen LogP contribution in [0.5, 0.6) is 11.5 Å². The Kier molecular flexibility index (Phi) is 5.67. The highest BCUT2D eigenvalue weighted by Gasteiger charge is 2.52. The first-order chi connectivity index (χ1) is 14.9. The first kappa shape index (κ1) is 20.9. The standard InChI is InChI=1S/C23H25N3O5/c1-3-31-19-13-14(9-12-18(19)27)21(28)17-11-10-16-20(23(30)25(2)22(16)29)26(17)24-15-7-5-4-6-8-15/h4-13,16-17,20-21,24,27-28H,3H2,1-2H3. The molecule has 0 bridgehead atoms. The van der Waals surface area contributed by atoms with Gasteiger partial charge in [0.2, 0.25) is 11.8 Å². The fourth-order valence-electron chi connectivity index (χ4n) is 4.06. The van der Waals surface area contributed by atoms with E-state index in [0.29, 0.717) is 12.2 Å². The van der Waals surface area contributed by atoms with Crippen LogP contribution in [0.3, 0.4) is 0 Å². The molecule has 0 saturated carbocycles. The summed E-state index contributed by atoms with van der Waals surface area (Å²) in [5, 5.41) is 22.9. The number of aromatic hydroxyl groups is 1. The van der Waals surface area contributed by atoms with Gasteiger partial charge in [0.1, 0.15) is 12.1 Å². The van der Waals surface area contributed by atoms with Crippen molar-refractivity contribution in [1.82, 2.24) is 9.91 Å². The number of carbonyl (C=O) groups excluding carboxylic acids is 2. The zero-order chi connectivity index (χ0) is 22.1. The minimum atomic E-state index is -1.05. The maximum atomic E-state index is 12.9. The number of ether oxygens (including phenoxy) is 1. The van der Waals surface area contributed by atoms with Crippen LogP contribution in [0.25, 0.3) is 0 Å². The Balaban J connectivity index is 1.71. The molecular weight excluding hydrogens is 398 g/mol. The minimum Gasteiger partial charge on any atom is -0.504 e. The molecular formula is C23H25N3O5. The largest absolute Gasteiger partial charge is 0.504 e. The molecule has 31 heavy (non-hydrogen) atoms. The number of para-hydroxylation sites is 1. The molecule has 4 unspecified atom stereocenters. The van der Waals surface area contributed by atoms with Crippen LogP contribution >= 0.6 is 0 Å². The summed E-state index contributed by atoms with van der Waals surface area (Å²) in [5.74, 6) is -0.986. The molecule has 2 aromatic rings. The van der Waals surface area contributed by atoms with Crippen LogP contribution in [0, 0.1) is 5.92 Å². The lowest BCUT2D eigenvalue weighted by atomic mass is 9.90. The highest BCUT2D eigenvalue weighted by Crippen LogP contribution is 2.37. The molecule has 162 valence electrons. The zero-order valence-electron chi connectivity index (χ0n) is 17.3. The molecule has 4 atom stereocenters. The van der Waals surface area contributed by atoms with Crippen molar-refractivity contribution in [2.45, 2.75) is 25.1 Å². The van der Waals surface area contributed by atoms with E-state index in [-0.39, 0.29) is 23.3 Å². The Labute approximate surface area is 180 Å². The summed E-state index contributed by atoms with van der Waals surface area (Å²) in [6.07, 6.45) is 2.37. The number of nitrogens with zero attached hydrogens (tertiary/aromatic N) is 2. The number of imide groups is 1. The second kappa shape index (κ2) is 8.41. The van der Waals surface area contributed by atoms with Gasteiger partial charge < -0.3 is 20.4 Å². The number of fused-ring (bicyclic) bond motifs is 1. The van der Waals surface area contributed by atoms with Gasteiger partial charge in [-0.2, -0.15) is 0 Å². The number of rotatable bonds is 6. The number of benzene rings is 2. The van der Waals surface area contributed by atoms with Gasteiger partial charge in [0.15, 0.2) is 11.5 Å². The first-order valence-corrected chi connectivity index (χ1v) is 10.2. The fraction of sp³-hybridized carbons (Fsp3) is 0.304. The number of hydrogen-bond donors (Lipinski definition) is 3. The van der Waals surface area contributed by atoms with Crippen LogP contribution in [0.4, 0.5) is 5.69 Å². The second-order valence-electron chi connectivity index (χ2n) is 7.57. The molecule has 2 heterocycles. The van der Waals surface area contributed by atoms with Gasteiger partial charge in [0.25, 0.3) is 0 Å². The van der Waals surface area contributed by atoms with E-state index in [1.165, 1.54) is 13.1 Å². The number of phenolic OH excluding ortho intramolecular Hbond substituents is 1. The summed E-state index contributed by atoms with van der Waals surface area (Å²) in [5.41, 5.74) is 4.46. The number of likely N-dealkylation sites (N-methyl/N-ethyl adjacent to an activating group) is 1. The molecule has 2 aliphatic rings. The zero-order valence-corrected chi connectivity index (χ0v) is 17.3. The summed E-state index contributed by atoms with van der Waals surface area (Å²) < 4.78 is 5.44. The van der Waals surface area contributed by atoms with E-state index in [2.05, 4.69) is 5.43 Å². The first-order valence-electron chi connectivity index (χ1n) is 10.2. The van der Waals surface area contributed by atoms with E-state index >= 15 is 0 Å². The van der Waals surface area contributed by atoms with E-state index in [9.17, 15) is 19.8 Å². The minimum absolute atomic E-state index is 0.0190. The summed E-state index contributed by atoms with van der Waals surface area (Å²) in [7, 11) is 1.47. The van der Waals surface area contributed by atoms with Gasteiger partial charge in [0.05, 0.1) is 18.6 Å². The van der Waals surface area contributed by atoms with Crippen molar-refractivity contribution in [2.75, 3.05) is 19.1 Å². The smallest absolute Gasteiger partial charge is 0.249 e. The second-order valence-corrected chi connectivity index (χ2v) is 7.57. The Morgan fingerprint density at radius 1 is 1.10 bits per heavy atom. The van der Waals surface area contributed by atoms with Crippen LogP contribution in [-0.2, 0) is 9.59 Å². The van der Waals surface area contributed by atoms with Crippen molar-refractivity contribution in [3.8, 4) is 11.5 Å². The molecule has 8 heteroatoms. The number of aliphatic hydroxyl groups is 1. The van der Waals surface area contributed by atoms with Crippen molar-refractivity contribution >= 4 is 17.5 Å². The van der Waals surface area contributed by atoms with Gasteiger partial charge >= 0.3 is 0 Å². The Morgan fingerprint density at radius 2 is 1.84 bits per heavy atom. The van der Waals surface area contributed by atoms with Gasteiger partial charge in [-0.25, -0.2) is 5.01 Å². The SMILES string of the molecule is CCOc1cc(C(O)C2C=CC3C(=O)N(C)C(=O)C3N2Nc2ccccc2)ccc1O. The van der Waals surface area contributed by atoms with Gasteiger partial charge in [0, 0.05) is 12.7 Å². The van der Waals surface area contributed by atoms with Crippen LogP contribution in [0.2, 0.25) is 0 Å². The van der Waals surface area contributed by atoms with Crippen LogP contribution in [-0.4, -0.2) is 57.7 Å². The Hall–Kier alpha value is -3.36. The molecule has 2 aliphatic heterocycles. The van der Waals surface area contributed by atoms with E-state index < -0.39 is 24.1 Å². The number of carbonyl (C=O) groups is 2. The molecule has 4 rings (SSSR count). The van der Waals surface area contributed by atoms with E-state index in [0.717, 1.165) is 10.6 Å². The molecule has 1 fully saturated rings. The lowest BCUT2D eigenvalue weighted by molar-refractivity contribution is -0.138. The quantitative estimate of drug-likeness (QED) is 0.483. The Morgan fingerprint density at radius 3 is 2.55 bits per heavy atom. The molecule has 0 radical (unpaired) electrons. The van der Waals surface area contributed by atoms with E-state index in [1.807, 2.05) is 30.3 Å². The average molecular weight is 423 g/mol. The van der Waals surface area contributed by atoms with Crippen LogP contribution in [0.15, 0.2) is 60.7 Å². The van der Waals surface area contributed by atoms with Gasteiger partial charge in [-0.1, -0.05) is 36.4 Å². The van der Waals surface area contributed by atoms with Crippen molar-refractivity contribution in [3.05, 3.63) is 66.2 Å². The lowest BCUT2D eigenvalue weighted by Gasteiger charge is -2.40. The summed E-state index contributed by atoms with van der Waals surface area (Å²) >= 11 is 0. The number of aliphatic hydroxyl groups excluding tert-OH is 1. The number of amides is 2. The average Bonchev–Trinajstić information content (AvgIpc) is 3.00. The molecule has 2 amide bonds. The van der Waals surface area contributed by atoms with E-state index in [4.69, 9.17) is 4.74 Å². The monoisotopic (exact) mass is 423 g/mol. The molecule has 1 saturated heterocycles. The van der Waals surface area contributed by atoms with Crippen molar-refractivity contribution in [1.29, 1.82) is 0 Å². The third kappa shape index (κ3) is 3.75. The van der Waals surface area contributed by atoms with Crippen molar-refractivity contribution in [2.24, 2.45) is 5.92 Å². The van der Waals surface area contributed by atoms with Gasteiger partial charge in [-0.15, -0.1) is 0 Å². The van der Waals surface area contributed by atoms with Gasteiger partial charge in [-0.3, -0.25) is 14.5 Å². The van der Waals surface area contributed by atoms with Crippen LogP contribution < -0.4 is 10.2 Å². The topological polar surface area (TPSA) is 102 Å². The van der Waals surface area contributed by atoms with Gasteiger partial charge in [-0.05, 0) is 36.8 Å². The summed E-state index contributed by atoms with van der Waals surface area (Å²) in [6, 6.07) is 12.5. The number of likely N-dealkylation sites (tertiary alicyclic amines) is 1. The van der Waals surface area contributed by atoms with Crippen LogP contribution in [0.1, 0.15) is 18.6 Å². The van der Waals surface area contributed by atoms with E-state index in [1.54, 1.807) is 36.2 Å². The predicted octanol–water partition coefficient (Wildman–Crippen LogP) is 2.08. The van der Waals surface area contributed by atoms with Crippen molar-refractivity contribution < 1.29 is 24.5 Å². The molecule has 2 aromatic carbocycles. The predicted molar refractivity (Wildman–Crippen MR) is 114 cm³/mol. The maximum Gasteiger partial charge on any atom is 0.249 e. The number of hydrazine groups is 1. The number of nitrogens with one attached hydrogen (secondary N) is 1. The molecule has 3 N–H and O–H groups in total. The fourth-order valence-corrected chi connectivity index (χ4v) is 4.06. The maximum absolute atomic E-state index is 12.9. The lowest BCUT2D eigenvalue weighted by Crippen LogP contribution is -2.55. The molecule has 0 aromatic heterocycles. The molecule has 0 spiro atoms. The highest BCUT2D eigenvalue weighted by atomic mass is 16.5. The van der Waals surface area contributed by atoms with Crippen molar-refractivity contribution in [3.63, 3.8) is 0 Å². The normalized spacial score (nSPS) is 24.2. The molecule has 0 aliphatic carbocycles. The Bertz CT molecular complexity index is 1010. The number of phenols is 1. The number of anilines is 1. The summed E-state index contributed by atoms with van der Waals surface area (Å²) in [6.45, 7) is 2.17. The number of hydrogen-bond acceptors (Lipinski definition) is 7. The molecule has 8 nitrogen and oxygen atoms in total. The summed E-state index contributed by atoms with van der Waals surface area (Å²) in [4.78, 5) is 26.6. The third-order valence-corrected chi connectivity index (χ3v) is 5.66.